The highest BCUT2D eigenvalue weighted by Crippen LogP contribution is 2.28. The number of hydrogen-bond acceptors (Lipinski definition) is 5. The van der Waals surface area contributed by atoms with Crippen LogP contribution in [0.3, 0.4) is 0 Å². The van der Waals surface area contributed by atoms with Crippen molar-refractivity contribution in [1.82, 2.24) is 0 Å². The van der Waals surface area contributed by atoms with Gasteiger partial charge >= 0.3 is 10.4 Å². The van der Waals surface area contributed by atoms with Gasteiger partial charge in [0, 0.05) is 0 Å². The topological polar surface area (TPSA) is 118 Å². The van der Waals surface area contributed by atoms with E-state index in [1.807, 2.05) is 0 Å². The molecule has 84 valence electrons. The Morgan fingerprint density at radius 3 is 2.07 bits per heavy atom. The molecule has 0 aromatic rings. The van der Waals surface area contributed by atoms with Crippen LogP contribution in [0, 0.1) is 0 Å². The molecule has 0 radical (unpaired) electrons. The number of rotatable bonds is 3. The summed E-state index contributed by atoms with van der Waals surface area (Å²) >= 11 is 0. The molecule has 0 amide bonds. The minimum absolute atomic E-state index is 0.124. The van der Waals surface area contributed by atoms with Crippen molar-refractivity contribution in [3.8, 4) is 0 Å². The van der Waals surface area contributed by atoms with Crippen molar-refractivity contribution in [2.45, 2.75) is 30.6 Å². The summed E-state index contributed by atoms with van der Waals surface area (Å²) in [5.41, 5.74) is 0. The van der Waals surface area contributed by atoms with Gasteiger partial charge < -0.3 is 0 Å². The van der Waals surface area contributed by atoms with Crippen LogP contribution < -0.4 is 0 Å². The fraction of sp³-hybridized carbons (Fsp3) is 1.00. The average Bonchev–Trinajstić information content (AvgIpc) is 2.29. The minimum atomic E-state index is -4.68. The molecule has 0 aromatic heterocycles. The van der Waals surface area contributed by atoms with Gasteiger partial charge in [-0.2, -0.15) is 16.8 Å². The van der Waals surface area contributed by atoms with Crippen LogP contribution in [-0.4, -0.2) is 37.3 Å². The molecule has 2 N–H and O–H groups in total. The molecule has 0 unspecified atom stereocenters. The standard InChI is InChI=1S/C5H10O7S2/c6-13(7,8)5-3-1-2-4(5)12-14(9,10)11/h4-5H,1-3H2,(H,6,7,8)(H,9,10,11)/t4-,5-/m0/s1. The second kappa shape index (κ2) is 3.74. The van der Waals surface area contributed by atoms with Gasteiger partial charge in [0.05, 0.1) is 6.10 Å². The molecule has 1 aliphatic carbocycles. The van der Waals surface area contributed by atoms with Crippen molar-refractivity contribution in [3.05, 3.63) is 0 Å². The Hall–Kier alpha value is -0.220. The highest BCUT2D eigenvalue weighted by atomic mass is 32.3. The van der Waals surface area contributed by atoms with Crippen molar-refractivity contribution in [2.24, 2.45) is 0 Å². The SMILES string of the molecule is O=S(=O)(O)O[C@H]1CCC[C@@H]1S(=O)(=O)O. The molecule has 7 nitrogen and oxygen atoms in total. The molecule has 1 fully saturated rings. The van der Waals surface area contributed by atoms with Gasteiger partial charge in [0.2, 0.25) is 0 Å². The normalized spacial score (nSPS) is 29.3. The molecular formula is C5H10O7S2. The van der Waals surface area contributed by atoms with E-state index in [1.54, 1.807) is 0 Å². The predicted octanol–water partition coefficient (Wildman–Crippen LogP) is -0.385. The third-order valence-electron chi connectivity index (χ3n) is 2.02. The zero-order valence-corrected chi connectivity index (χ0v) is 8.66. The maximum absolute atomic E-state index is 10.7. The van der Waals surface area contributed by atoms with Crippen LogP contribution in [-0.2, 0) is 24.7 Å². The summed E-state index contributed by atoms with van der Waals surface area (Å²) in [4.78, 5) is 0. The Balaban J connectivity index is 2.81. The lowest BCUT2D eigenvalue weighted by atomic mass is 10.3. The van der Waals surface area contributed by atoms with E-state index in [0.29, 0.717) is 6.42 Å². The fourth-order valence-corrected chi connectivity index (χ4v) is 3.15. The minimum Gasteiger partial charge on any atom is -0.285 e. The number of hydrogen-bond donors (Lipinski definition) is 2. The Labute approximate surface area is 81.8 Å². The van der Waals surface area contributed by atoms with Gasteiger partial charge in [0.1, 0.15) is 5.25 Å². The van der Waals surface area contributed by atoms with E-state index in [-0.39, 0.29) is 12.8 Å². The van der Waals surface area contributed by atoms with Gasteiger partial charge in [-0.05, 0) is 19.3 Å². The van der Waals surface area contributed by atoms with E-state index in [1.165, 1.54) is 0 Å². The Bertz CT molecular complexity index is 394. The summed E-state index contributed by atoms with van der Waals surface area (Å²) < 4.78 is 63.3. The van der Waals surface area contributed by atoms with Gasteiger partial charge in [-0.1, -0.05) is 0 Å². The zero-order chi connectivity index (χ0) is 11.0. The molecule has 0 bridgehead atoms. The molecular weight excluding hydrogens is 236 g/mol. The quantitative estimate of drug-likeness (QED) is 0.651. The van der Waals surface area contributed by atoms with Crippen LogP contribution in [0.15, 0.2) is 0 Å². The molecule has 1 saturated carbocycles. The van der Waals surface area contributed by atoms with Gasteiger partial charge in [-0.25, -0.2) is 4.18 Å². The third-order valence-corrected chi connectivity index (χ3v) is 3.81. The smallest absolute Gasteiger partial charge is 0.285 e. The van der Waals surface area contributed by atoms with Crippen LogP contribution >= 0.6 is 0 Å². The first-order valence-electron chi connectivity index (χ1n) is 3.82. The van der Waals surface area contributed by atoms with Gasteiger partial charge in [0.25, 0.3) is 10.1 Å². The van der Waals surface area contributed by atoms with Crippen molar-refractivity contribution < 1.29 is 30.1 Å². The average molecular weight is 246 g/mol. The van der Waals surface area contributed by atoms with E-state index in [4.69, 9.17) is 9.11 Å². The molecule has 0 heterocycles. The highest BCUT2D eigenvalue weighted by Gasteiger charge is 2.39. The summed E-state index contributed by atoms with van der Waals surface area (Å²) in [7, 11) is -9.00. The van der Waals surface area contributed by atoms with E-state index in [2.05, 4.69) is 4.18 Å². The van der Waals surface area contributed by atoms with Crippen LogP contribution in [0.4, 0.5) is 0 Å². The largest absolute Gasteiger partial charge is 0.397 e. The summed E-state index contributed by atoms with van der Waals surface area (Å²) in [5.74, 6) is 0. The molecule has 1 aliphatic rings. The van der Waals surface area contributed by atoms with E-state index in [9.17, 15) is 16.8 Å². The highest BCUT2D eigenvalue weighted by molar-refractivity contribution is 7.86. The third kappa shape index (κ3) is 3.17. The van der Waals surface area contributed by atoms with Crippen LogP contribution in [0.25, 0.3) is 0 Å². The zero-order valence-electron chi connectivity index (χ0n) is 7.03. The summed E-state index contributed by atoms with van der Waals surface area (Å²) in [5, 5.41) is -1.27. The maximum Gasteiger partial charge on any atom is 0.397 e. The molecule has 9 heteroatoms. The van der Waals surface area contributed by atoms with Crippen molar-refractivity contribution in [1.29, 1.82) is 0 Å². The molecule has 0 saturated heterocycles. The van der Waals surface area contributed by atoms with Gasteiger partial charge in [-0.15, -0.1) is 0 Å². The molecule has 1 rings (SSSR count). The first-order chi connectivity index (χ1) is 6.20. The molecule has 14 heavy (non-hydrogen) atoms. The van der Waals surface area contributed by atoms with Crippen LogP contribution in [0.2, 0.25) is 0 Å². The van der Waals surface area contributed by atoms with Crippen molar-refractivity contribution in [3.63, 3.8) is 0 Å². The fourth-order valence-electron chi connectivity index (χ4n) is 1.50. The lowest BCUT2D eigenvalue weighted by molar-refractivity contribution is 0.187. The molecule has 0 aromatic carbocycles. The predicted molar refractivity (Wildman–Crippen MR) is 45.6 cm³/mol. The Morgan fingerprint density at radius 1 is 1.07 bits per heavy atom. The monoisotopic (exact) mass is 246 g/mol. The van der Waals surface area contributed by atoms with E-state index in [0.717, 1.165) is 0 Å². The lowest BCUT2D eigenvalue weighted by Crippen LogP contribution is -2.32. The van der Waals surface area contributed by atoms with Crippen molar-refractivity contribution in [2.75, 3.05) is 0 Å². The first kappa shape index (κ1) is 11.9. The lowest BCUT2D eigenvalue weighted by Gasteiger charge is -2.14. The first-order valence-corrected chi connectivity index (χ1v) is 6.69. The van der Waals surface area contributed by atoms with E-state index < -0.39 is 31.9 Å². The van der Waals surface area contributed by atoms with Crippen molar-refractivity contribution >= 4 is 20.5 Å². The summed E-state index contributed by atoms with van der Waals surface area (Å²) in [6.07, 6.45) is -0.478. The summed E-state index contributed by atoms with van der Waals surface area (Å²) in [6, 6.07) is 0. The molecule has 2 atom stereocenters. The Kier molecular flexibility index (Phi) is 3.17. The summed E-state index contributed by atoms with van der Waals surface area (Å²) in [6.45, 7) is 0. The molecule has 0 aliphatic heterocycles. The molecule has 0 spiro atoms. The van der Waals surface area contributed by atoms with Crippen LogP contribution in [0.5, 0.6) is 0 Å². The van der Waals surface area contributed by atoms with Gasteiger partial charge in [0.15, 0.2) is 0 Å². The second-order valence-electron chi connectivity index (χ2n) is 3.05. The second-order valence-corrected chi connectivity index (χ2v) is 5.73. The van der Waals surface area contributed by atoms with Gasteiger partial charge in [-0.3, -0.25) is 9.11 Å². The van der Waals surface area contributed by atoms with E-state index >= 15 is 0 Å². The maximum atomic E-state index is 10.7. The Morgan fingerprint density at radius 2 is 1.64 bits per heavy atom. The van der Waals surface area contributed by atoms with Crippen LogP contribution in [0.1, 0.15) is 19.3 Å².